The Morgan fingerprint density at radius 1 is 1.15 bits per heavy atom. The van der Waals surface area contributed by atoms with E-state index in [9.17, 15) is 14.4 Å². The molecule has 4 N–H and O–H groups in total. The minimum absolute atomic E-state index is 0. The average Bonchev–Trinajstić information content (AvgIpc) is 2.90. The van der Waals surface area contributed by atoms with Crippen LogP contribution in [-0.2, 0) is 17.8 Å². The van der Waals surface area contributed by atoms with E-state index in [4.69, 9.17) is 5.73 Å². The number of carbonyl (C=O) groups excluding carboxylic acids is 3. The lowest BCUT2D eigenvalue weighted by molar-refractivity contribution is -0.121. The molecule has 2 aromatic carbocycles. The van der Waals surface area contributed by atoms with Crippen molar-refractivity contribution < 1.29 is 14.4 Å². The van der Waals surface area contributed by atoms with Gasteiger partial charge >= 0.3 is 6.03 Å². The molecule has 0 aliphatic carbocycles. The van der Waals surface area contributed by atoms with Crippen LogP contribution in [0.5, 0.6) is 0 Å². The van der Waals surface area contributed by atoms with Gasteiger partial charge < -0.3 is 16.0 Å². The van der Waals surface area contributed by atoms with Crippen molar-refractivity contribution in [2.45, 2.75) is 19.0 Å². The topological polar surface area (TPSA) is 105 Å². The van der Waals surface area contributed by atoms with Gasteiger partial charge in [0.2, 0.25) is 0 Å². The number of hydrogen-bond donors (Lipinski definition) is 3. The van der Waals surface area contributed by atoms with Crippen molar-refractivity contribution in [1.82, 2.24) is 15.5 Å². The molecule has 1 aliphatic rings. The third-order valence-electron chi connectivity index (χ3n) is 4.35. The van der Waals surface area contributed by atoms with Crippen LogP contribution in [-0.4, -0.2) is 35.8 Å². The first kappa shape index (κ1) is 20.3. The third-order valence-corrected chi connectivity index (χ3v) is 4.35. The van der Waals surface area contributed by atoms with Crippen LogP contribution in [0.3, 0.4) is 0 Å². The largest absolute Gasteiger partial charge is 0.399 e. The van der Waals surface area contributed by atoms with Crippen molar-refractivity contribution >= 4 is 35.9 Å². The zero-order valence-corrected chi connectivity index (χ0v) is 15.6. The van der Waals surface area contributed by atoms with E-state index in [-0.39, 0.29) is 30.8 Å². The number of nitrogens with two attached hydrogens (primary N) is 1. The highest BCUT2D eigenvalue weighted by Crippen LogP contribution is 2.19. The number of benzene rings is 2. The van der Waals surface area contributed by atoms with Gasteiger partial charge in [-0.1, -0.05) is 24.3 Å². The highest BCUT2D eigenvalue weighted by molar-refractivity contribution is 6.04. The van der Waals surface area contributed by atoms with Gasteiger partial charge in [0.25, 0.3) is 11.8 Å². The monoisotopic (exact) mass is 388 g/mol. The summed E-state index contributed by atoms with van der Waals surface area (Å²) < 4.78 is 0. The molecule has 142 valence electrons. The van der Waals surface area contributed by atoms with Crippen LogP contribution in [0.4, 0.5) is 10.5 Å². The average molecular weight is 389 g/mol. The minimum atomic E-state index is -0.602. The number of nitrogens with zero attached hydrogens (tertiary/aromatic N) is 1. The first-order chi connectivity index (χ1) is 12.5. The molecule has 1 aliphatic heterocycles. The number of imide groups is 1. The number of anilines is 1. The molecule has 27 heavy (non-hydrogen) atoms. The number of halogens is 1. The fraction of sp³-hybridized carbons (Fsp3) is 0.211. The summed E-state index contributed by atoms with van der Waals surface area (Å²) in [5.74, 6) is -0.526. The van der Waals surface area contributed by atoms with E-state index in [0.717, 1.165) is 11.1 Å². The summed E-state index contributed by atoms with van der Waals surface area (Å²) in [6.07, 6.45) is 0.396. The van der Waals surface area contributed by atoms with Crippen LogP contribution in [0.25, 0.3) is 0 Å². The normalized spacial score (nSPS) is 15.9. The summed E-state index contributed by atoms with van der Waals surface area (Å²) in [6.45, 7) is 0.238. The molecule has 2 aromatic rings. The van der Waals surface area contributed by atoms with E-state index >= 15 is 0 Å². The lowest BCUT2D eigenvalue weighted by Gasteiger charge is -2.22. The van der Waals surface area contributed by atoms with Gasteiger partial charge in [0.05, 0.1) is 0 Å². The van der Waals surface area contributed by atoms with Gasteiger partial charge in [0, 0.05) is 31.3 Å². The molecule has 4 amide bonds. The molecule has 1 unspecified atom stereocenters. The standard InChI is InChI=1S/C19H20N4O3.ClH/c1-21-17(24)14-4-2-3-13(9-14)11-23-16(18(25)22-19(23)26)10-12-5-7-15(20)8-6-12;/h2-9,16H,10-11,20H2,1H3,(H,21,24)(H,22,25,26);1H. The van der Waals surface area contributed by atoms with E-state index in [1.807, 2.05) is 18.2 Å². The van der Waals surface area contributed by atoms with Gasteiger partial charge in [0.15, 0.2) is 0 Å². The molecule has 0 saturated carbocycles. The zero-order chi connectivity index (χ0) is 18.7. The molecule has 7 nitrogen and oxygen atoms in total. The minimum Gasteiger partial charge on any atom is -0.399 e. The van der Waals surface area contributed by atoms with Gasteiger partial charge in [-0.2, -0.15) is 0 Å². The smallest absolute Gasteiger partial charge is 0.325 e. The Hall–Kier alpha value is -3.06. The lowest BCUT2D eigenvalue weighted by Crippen LogP contribution is -2.36. The van der Waals surface area contributed by atoms with Crippen molar-refractivity contribution in [2.24, 2.45) is 0 Å². The fourth-order valence-corrected chi connectivity index (χ4v) is 2.96. The quantitative estimate of drug-likeness (QED) is 0.535. The molecule has 0 bridgehead atoms. The maximum Gasteiger partial charge on any atom is 0.325 e. The SMILES string of the molecule is CNC(=O)c1cccc(CN2C(=O)NC(=O)C2Cc2ccc(N)cc2)c1.Cl. The highest BCUT2D eigenvalue weighted by atomic mass is 35.5. The van der Waals surface area contributed by atoms with Crippen molar-refractivity contribution in [3.05, 3.63) is 65.2 Å². The summed E-state index contributed by atoms with van der Waals surface area (Å²) in [4.78, 5) is 37.7. The zero-order valence-electron chi connectivity index (χ0n) is 14.8. The first-order valence-electron chi connectivity index (χ1n) is 8.25. The predicted octanol–water partition coefficient (Wildman–Crippen LogP) is 1.71. The predicted molar refractivity (Wildman–Crippen MR) is 105 cm³/mol. The number of rotatable bonds is 5. The van der Waals surface area contributed by atoms with Crippen molar-refractivity contribution in [1.29, 1.82) is 0 Å². The van der Waals surface area contributed by atoms with Gasteiger partial charge in [-0.05, 0) is 35.4 Å². The maximum absolute atomic E-state index is 12.2. The van der Waals surface area contributed by atoms with E-state index < -0.39 is 12.1 Å². The Labute approximate surface area is 163 Å². The Bertz CT molecular complexity index is 854. The van der Waals surface area contributed by atoms with Crippen molar-refractivity contribution in [3.8, 4) is 0 Å². The number of urea groups is 1. The molecule has 3 rings (SSSR count). The van der Waals surface area contributed by atoms with Gasteiger partial charge in [-0.15, -0.1) is 12.4 Å². The number of nitrogens with one attached hydrogen (secondary N) is 2. The van der Waals surface area contributed by atoms with Crippen molar-refractivity contribution in [3.63, 3.8) is 0 Å². The van der Waals surface area contributed by atoms with Gasteiger partial charge in [-0.3, -0.25) is 14.9 Å². The Morgan fingerprint density at radius 3 is 2.52 bits per heavy atom. The van der Waals surface area contributed by atoms with E-state index in [1.54, 1.807) is 37.4 Å². The molecule has 1 heterocycles. The Kier molecular flexibility index (Phi) is 6.41. The molecule has 0 radical (unpaired) electrons. The lowest BCUT2D eigenvalue weighted by atomic mass is 10.0. The molecule has 0 spiro atoms. The van der Waals surface area contributed by atoms with Crippen LogP contribution in [0.2, 0.25) is 0 Å². The molecule has 1 atom stereocenters. The van der Waals surface area contributed by atoms with Crippen LogP contribution >= 0.6 is 12.4 Å². The number of carbonyl (C=O) groups is 3. The first-order valence-corrected chi connectivity index (χ1v) is 8.25. The summed E-state index contributed by atoms with van der Waals surface area (Å²) >= 11 is 0. The second-order valence-electron chi connectivity index (χ2n) is 6.16. The van der Waals surface area contributed by atoms with Gasteiger partial charge in [-0.25, -0.2) is 4.79 Å². The highest BCUT2D eigenvalue weighted by Gasteiger charge is 2.38. The summed E-state index contributed by atoms with van der Waals surface area (Å²) in [5, 5.41) is 4.93. The van der Waals surface area contributed by atoms with Crippen LogP contribution < -0.4 is 16.4 Å². The van der Waals surface area contributed by atoms with Crippen LogP contribution in [0.15, 0.2) is 48.5 Å². The number of amides is 4. The molecular formula is C19H21ClN4O3. The maximum atomic E-state index is 12.2. The van der Waals surface area contributed by atoms with E-state index in [2.05, 4.69) is 10.6 Å². The summed E-state index contributed by atoms with van der Waals surface area (Å²) in [6, 6.07) is 13.2. The van der Waals surface area contributed by atoms with E-state index in [1.165, 1.54) is 4.90 Å². The fourth-order valence-electron chi connectivity index (χ4n) is 2.96. The van der Waals surface area contributed by atoms with Crippen LogP contribution in [0, 0.1) is 0 Å². The Balaban J connectivity index is 0.00000261. The molecule has 0 aromatic heterocycles. The molecular weight excluding hydrogens is 368 g/mol. The second-order valence-corrected chi connectivity index (χ2v) is 6.16. The van der Waals surface area contributed by atoms with Crippen LogP contribution in [0.1, 0.15) is 21.5 Å². The Morgan fingerprint density at radius 2 is 1.85 bits per heavy atom. The molecule has 1 fully saturated rings. The number of nitrogen functional groups attached to an aromatic ring is 1. The molecule has 8 heteroatoms. The summed E-state index contributed by atoms with van der Waals surface area (Å²) in [5.41, 5.74) is 8.53. The van der Waals surface area contributed by atoms with Gasteiger partial charge in [0.1, 0.15) is 6.04 Å². The summed E-state index contributed by atoms with van der Waals surface area (Å²) in [7, 11) is 1.56. The van der Waals surface area contributed by atoms with Crippen molar-refractivity contribution in [2.75, 3.05) is 12.8 Å². The molecule has 1 saturated heterocycles. The third kappa shape index (κ3) is 4.57. The van der Waals surface area contributed by atoms with E-state index in [0.29, 0.717) is 17.7 Å². The number of hydrogen-bond acceptors (Lipinski definition) is 4. The second kappa shape index (κ2) is 8.55.